The molecule has 0 bridgehead atoms. The highest BCUT2D eigenvalue weighted by Gasteiger charge is 2.44. The third kappa shape index (κ3) is 7.38. The van der Waals surface area contributed by atoms with Gasteiger partial charge in [-0.05, 0) is 94.8 Å². The Morgan fingerprint density at radius 1 is 0.571 bits per heavy atom. The van der Waals surface area contributed by atoms with E-state index in [1.807, 2.05) is 89.5 Å². The van der Waals surface area contributed by atoms with Crippen LogP contribution in [0.15, 0.2) is 164 Å². The van der Waals surface area contributed by atoms with Crippen molar-refractivity contribution in [1.82, 2.24) is 19.5 Å². The molecule has 11 nitrogen and oxygen atoms in total. The van der Waals surface area contributed by atoms with Gasteiger partial charge < -0.3 is 34.1 Å². The SMILES string of the molecule is COc1ccc(C(Nc2nc(C(c3ccccc3)(c3ccc(OC)cc3)c3ccc(OC)cc3)nc3c2ncn3[C@@H]2CC[C@@H](CO)O2)(c2ccccc2)c2ccc(OC)cc2)cc1. The second-order valence-corrected chi connectivity index (χ2v) is 15.5. The Kier molecular flexibility index (Phi) is 11.5. The van der Waals surface area contributed by atoms with Gasteiger partial charge in [-0.2, -0.15) is 0 Å². The molecule has 1 fully saturated rings. The first-order valence-corrected chi connectivity index (χ1v) is 20.9. The average molecular weight is 840 g/mol. The van der Waals surface area contributed by atoms with Crippen LogP contribution in [0.25, 0.3) is 11.2 Å². The second kappa shape index (κ2) is 17.6. The first-order chi connectivity index (χ1) is 30.9. The number of ether oxygens (including phenoxy) is 5. The number of aliphatic hydroxyl groups excluding tert-OH is 1. The minimum absolute atomic E-state index is 0.0778. The summed E-state index contributed by atoms with van der Waals surface area (Å²) >= 11 is 0. The standard InChI is InChI=1S/C52H49N5O6/c1-59-41-23-15-36(16-24-41)51(35-11-7-5-8-12-35,37-17-25-42(60-2)26-18-37)50-54-48(47-49(55-50)57(34-53-47)46-32-31-45(33-58)63-46)56-52(38-13-9-6-10-14-38,39-19-27-43(61-3)28-20-39)40-21-29-44(62-4)30-22-40/h5-30,34,45-46,58H,31-33H2,1-4H3,(H,54,55,56)/t45-,46-/m0/s1. The molecule has 2 atom stereocenters. The smallest absolute Gasteiger partial charge is 0.167 e. The number of hydrogen-bond donors (Lipinski definition) is 2. The molecule has 1 aliphatic heterocycles. The molecule has 11 heteroatoms. The van der Waals surface area contributed by atoms with E-state index in [0.29, 0.717) is 35.6 Å². The van der Waals surface area contributed by atoms with Gasteiger partial charge in [0, 0.05) is 0 Å². The van der Waals surface area contributed by atoms with Crippen LogP contribution in [0.4, 0.5) is 5.82 Å². The topological polar surface area (TPSA) is 122 Å². The van der Waals surface area contributed by atoms with Crippen molar-refractivity contribution < 1.29 is 28.8 Å². The van der Waals surface area contributed by atoms with E-state index in [1.165, 1.54) is 0 Å². The summed E-state index contributed by atoms with van der Waals surface area (Å²) in [5, 5.41) is 14.2. The Morgan fingerprint density at radius 2 is 1.00 bits per heavy atom. The highest BCUT2D eigenvalue weighted by Crippen LogP contribution is 2.48. The van der Waals surface area contributed by atoms with Crippen molar-refractivity contribution in [2.45, 2.75) is 36.1 Å². The molecule has 0 unspecified atom stereocenters. The van der Waals surface area contributed by atoms with E-state index in [-0.39, 0.29) is 12.7 Å². The molecule has 8 aromatic rings. The first-order valence-electron chi connectivity index (χ1n) is 20.9. The lowest BCUT2D eigenvalue weighted by Crippen LogP contribution is -2.39. The number of aromatic nitrogens is 4. The summed E-state index contributed by atoms with van der Waals surface area (Å²) in [4.78, 5) is 16.4. The van der Waals surface area contributed by atoms with Crippen LogP contribution in [0.3, 0.4) is 0 Å². The molecule has 63 heavy (non-hydrogen) atoms. The predicted molar refractivity (Wildman–Crippen MR) is 243 cm³/mol. The van der Waals surface area contributed by atoms with Crippen LogP contribution in [0.5, 0.6) is 23.0 Å². The summed E-state index contributed by atoms with van der Waals surface area (Å²) in [6.07, 6.45) is 2.42. The number of imidazole rings is 1. The zero-order valence-corrected chi connectivity index (χ0v) is 35.6. The molecular weight excluding hydrogens is 791 g/mol. The van der Waals surface area contributed by atoms with E-state index in [2.05, 4.69) is 78.1 Å². The van der Waals surface area contributed by atoms with Gasteiger partial charge in [0.05, 0.1) is 47.5 Å². The molecule has 2 N–H and O–H groups in total. The van der Waals surface area contributed by atoms with Crippen LogP contribution in [-0.2, 0) is 15.7 Å². The minimum atomic E-state index is -1.10. The van der Waals surface area contributed by atoms with E-state index < -0.39 is 17.2 Å². The predicted octanol–water partition coefficient (Wildman–Crippen LogP) is 9.32. The molecular formula is C52H49N5O6. The number of anilines is 1. The number of hydrogen-bond acceptors (Lipinski definition) is 10. The Labute approximate surface area is 366 Å². The third-order valence-electron chi connectivity index (χ3n) is 12.2. The summed E-state index contributed by atoms with van der Waals surface area (Å²) in [5.41, 5.74) is 4.54. The molecule has 0 amide bonds. The molecule has 6 aromatic carbocycles. The van der Waals surface area contributed by atoms with Crippen molar-refractivity contribution in [1.29, 1.82) is 0 Å². The van der Waals surface area contributed by atoms with Crippen LogP contribution in [0.2, 0.25) is 0 Å². The van der Waals surface area contributed by atoms with Crippen LogP contribution in [0, 0.1) is 0 Å². The number of fused-ring (bicyclic) bond motifs is 1. The fraction of sp³-hybridized carbons (Fsp3) is 0.212. The average Bonchev–Trinajstić information content (AvgIpc) is 4.02. The Hall–Kier alpha value is -7.21. The number of aliphatic hydroxyl groups is 1. The molecule has 2 aromatic heterocycles. The number of methoxy groups -OCH3 is 4. The third-order valence-corrected chi connectivity index (χ3v) is 12.2. The summed E-state index contributed by atoms with van der Waals surface area (Å²) in [5.74, 6) is 3.87. The van der Waals surface area contributed by atoms with Crippen LogP contribution < -0.4 is 24.3 Å². The lowest BCUT2D eigenvalue weighted by molar-refractivity contribution is -0.0207. The van der Waals surface area contributed by atoms with Gasteiger partial charge in [0.15, 0.2) is 22.8 Å². The summed E-state index contributed by atoms with van der Waals surface area (Å²) < 4.78 is 31.1. The Bertz CT molecular complexity index is 2670. The Morgan fingerprint density at radius 3 is 1.44 bits per heavy atom. The summed E-state index contributed by atoms with van der Waals surface area (Å²) in [6.45, 7) is -0.0778. The van der Waals surface area contributed by atoms with Crippen molar-refractivity contribution in [2.24, 2.45) is 0 Å². The van der Waals surface area contributed by atoms with E-state index in [0.717, 1.165) is 56.4 Å². The molecule has 318 valence electrons. The van der Waals surface area contributed by atoms with Gasteiger partial charge in [-0.3, -0.25) is 4.57 Å². The van der Waals surface area contributed by atoms with E-state index in [9.17, 15) is 5.11 Å². The zero-order valence-electron chi connectivity index (χ0n) is 35.6. The van der Waals surface area contributed by atoms with E-state index >= 15 is 0 Å². The highest BCUT2D eigenvalue weighted by molar-refractivity contribution is 5.85. The molecule has 1 aliphatic rings. The molecule has 3 heterocycles. The van der Waals surface area contributed by atoms with Gasteiger partial charge in [-0.15, -0.1) is 0 Å². The van der Waals surface area contributed by atoms with Gasteiger partial charge in [0.25, 0.3) is 0 Å². The number of nitrogens with zero attached hydrogens (tertiary/aromatic N) is 4. The van der Waals surface area contributed by atoms with Gasteiger partial charge in [-0.25, -0.2) is 15.0 Å². The van der Waals surface area contributed by atoms with Gasteiger partial charge in [0.2, 0.25) is 0 Å². The molecule has 1 saturated heterocycles. The monoisotopic (exact) mass is 839 g/mol. The van der Waals surface area contributed by atoms with Crippen molar-refractivity contribution in [3.8, 4) is 23.0 Å². The summed E-state index contributed by atoms with van der Waals surface area (Å²) in [7, 11) is 6.66. The normalized spacial score (nSPS) is 15.3. The van der Waals surface area contributed by atoms with Crippen molar-refractivity contribution in [3.63, 3.8) is 0 Å². The van der Waals surface area contributed by atoms with Crippen LogP contribution in [-0.4, -0.2) is 65.8 Å². The molecule has 0 radical (unpaired) electrons. The summed E-state index contributed by atoms with van der Waals surface area (Å²) in [6, 6.07) is 53.0. The van der Waals surface area contributed by atoms with Gasteiger partial charge >= 0.3 is 0 Å². The van der Waals surface area contributed by atoms with Crippen LogP contribution >= 0.6 is 0 Å². The number of nitrogens with one attached hydrogen (secondary N) is 1. The van der Waals surface area contributed by atoms with Crippen molar-refractivity contribution in [3.05, 3.63) is 203 Å². The number of rotatable bonds is 15. The highest BCUT2D eigenvalue weighted by atomic mass is 16.5. The molecule has 9 rings (SSSR count). The molecule has 0 aliphatic carbocycles. The van der Waals surface area contributed by atoms with Crippen molar-refractivity contribution >= 4 is 17.0 Å². The number of benzene rings is 6. The minimum Gasteiger partial charge on any atom is -0.497 e. The first kappa shape index (κ1) is 41.2. The lowest BCUT2D eigenvalue weighted by atomic mass is 9.68. The van der Waals surface area contributed by atoms with E-state index in [4.69, 9.17) is 38.6 Å². The molecule has 0 saturated carbocycles. The van der Waals surface area contributed by atoms with E-state index in [1.54, 1.807) is 34.8 Å². The fourth-order valence-electron chi connectivity index (χ4n) is 8.93. The maximum Gasteiger partial charge on any atom is 0.167 e. The fourth-order valence-corrected chi connectivity index (χ4v) is 8.93. The second-order valence-electron chi connectivity index (χ2n) is 15.5. The largest absolute Gasteiger partial charge is 0.497 e. The van der Waals surface area contributed by atoms with Gasteiger partial charge in [-0.1, -0.05) is 109 Å². The zero-order chi connectivity index (χ0) is 43.4. The Balaban J connectivity index is 1.40. The maximum atomic E-state index is 10.1. The molecule has 0 spiro atoms. The lowest BCUT2D eigenvalue weighted by Gasteiger charge is -2.38. The van der Waals surface area contributed by atoms with Crippen LogP contribution in [0.1, 0.15) is 58.3 Å². The van der Waals surface area contributed by atoms with Gasteiger partial charge in [0.1, 0.15) is 40.2 Å². The van der Waals surface area contributed by atoms with Crippen molar-refractivity contribution in [2.75, 3.05) is 40.4 Å². The quantitative estimate of drug-likeness (QED) is 0.0967. The maximum absolute atomic E-state index is 10.1.